The summed E-state index contributed by atoms with van der Waals surface area (Å²) >= 11 is 0. The van der Waals surface area contributed by atoms with Crippen molar-refractivity contribution in [1.82, 2.24) is 19.7 Å². The first kappa shape index (κ1) is 16.8. The molecule has 5 nitrogen and oxygen atoms in total. The Kier molecular flexibility index (Phi) is 3.76. The van der Waals surface area contributed by atoms with Gasteiger partial charge in [-0.1, -0.05) is 0 Å². The zero-order valence-corrected chi connectivity index (χ0v) is 16.3. The molecule has 0 bridgehead atoms. The van der Waals surface area contributed by atoms with Crippen molar-refractivity contribution in [3.63, 3.8) is 0 Å². The Morgan fingerprint density at radius 3 is 2.74 bits per heavy atom. The Morgan fingerprint density at radius 1 is 1.11 bits per heavy atom. The van der Waals surface area contributed by atoms with Crippen LogP contribution in [0.4, 0.5) is 0 Å². The number of benzene rings is 1. The monoisotopic (exact) mass is 362 g/mol. The number of ether oxygens (including phenoxy) is 1. The molecule has 0 aliphatic carbocycles. The van der Waals surface area contributed by atoms with Gasteiger partial charge in [0.05, 0.1) is 17.3 Å². The highest BCUT2D eigenvalue weighted by molar-refractivity contribution is 5.84. The van der Waals surface area contributed by atoms with Gasteiger partial charge >= 0.3 is 0 Å². The van der Waals surface area contributed by atoms with Crippen molar-refractivity contribution >= 4 is 10.9 Å². The van der Waals surface area contributed by atoms with Crippen molar-refractivity contribution in [3.05, 3.63) is 42.2 Å². The van der Waals surface area contributed by atoms with Crippen LogP contribution >= 0.6 is 0 Å². The van der Waals surface area contributed by atoms with Crippen LogP contribution in [0.2, 0.25) is 0 Å². The number of nitrogens with zero attached hydrogens (tertiary/aromatic N) is 4. The number of pyridine rings is 1. The Hall–Kier alpha value is -2.40. The van der Waals surface area contributed by atoms with E-state index < -0.39 is 0 Å². The van der Waals surface area contributed by atoms with Crippen molar-refractivity contribution in [2.45, 2.75) is 44.8 Å². The lowest BCUT2D eigenvalue weighted by molar-refractivity contribution is 0.243. The highest BCUT2D eigenvalue weighted by Crippen LogP contribution is 2.43. The number of likely N-dealkylation sites (tertiary alicyclic amines) is 1. The van der Waals surface area contributed by atoms with E-state index in [0.717, 1.165) is 41.0 Å². The maximum Gasteiger partial charge on any atom is 0.120 e. The van der Waals surface area contributed by atoms with Crippen LogP contribution in [0.5, 0.6) is 5.75 Å². The molecular formula is C22H26N4O. The predicted molar refractivity (Wildman–Crippen MR) is 107 cm³/mol. The Morgan fingerprint density at radius 2 is 1.96 bits per heavy atom. The van der Waals surface area contributed by atoms with Gasteiger partial charge in [0, 0.05) is 41.3 Å². The van der Waals surface area contributed by atoms with Gasteiger partial charge in [0.1, 0.15) is 5.75 Å². The molecule has 1 unspecified atom stereocenters. The van der Waals surface area contributed by atoms with E-state index in [1.54, 1.807) is 0 Å². The topological polar surface area (TPSA) is 43.2 Å². The third kappa shape index (κ3) is 2.81. The van der Waals surface area contributed by atoms with Gasteiger partial charge in [0.25, 0.3) is 0 Å². The molecule has 1 atom stereocenters. The molecule has 2 aliphatic heterocycles. The van der Waals surface area contributed by atoms with E-state index in [2.05, 4.69) is 39.8 Å². The van der Waals surface area contributed by atoms with Crippen LogP contribution in [0.1, 0.15) is 32.4 Å². The predicted octanol–water partition coefficient (Wildman–Crippen LogP) is 3.86. The van der Waals surface area contributed by atoms with E-state index in [9.17, 15) is 0 Å². The summed E-state index contributed by atoms with van der Waals surface area (Å²) in [6.07, 6.45) is 4.55. The minimum atomic E-state index is 0.162. The first-order chi connectivity index (χ1) is 13.0. The number of aromatic nitrogens is 3. The quantitative estimate of drug-likeness (QED) is 0.710. The van der Waals surface area contributed by atoms with Gasteiger partial charge in [-0.25, -0.2) is 0 Å². The number of hydrogen-bond donors (Lipinski definition) is 0. The largest absolute Gasteiger partial charge is 0.491 e. The third-order valence-electron chi connectivity index (χ3n) is 5.99. The molecule has 0 radical (unpaired) electrons. The summed E-state index contributed by atoms with van der Waals surface area (Å²) in [6.45, 7) is 7.43. The fraction of sp³-hybridized carbons (Fsp3) is 0.455. The SMILES string of the molecule is CC(C)Oc1ccc2ncc(-c3cc4n(n3)CCC43CCN(C)C3)cc2c1. The summed E-state index contributed by atoms with van der Waals surface area (Å²) in [6, 6.07) is 10.6. The maximum atomic E-state index is 5.84. The zero-order valence-electron chi connectivity index (χ0n) is 16.3. The standard InChI is InChI=1S/C22H26N4O/c1-15(2)27-18-4-5-19-16(11-18)10-17(13-23-19)20-12-21-22(6-8-25(3)14-22)7-9-26(21)24-20/h4-5,10-13,15H,6-9,14H2,1-3H3. The minimum absolute atomic E-state index is 0.162. The summed E-state index contributed by atoms with van der Waals surface area (Å²) in [7, 11) is 2.22. The summed E-state index contributed by atoms with van der Waals surface area (Å²) < 4.78 is 8.06. The molecule has 3 aromatic rings. The van der Waals surface area contributed by atoms with Crippen molar-refractivity contribution in [2.75, 3.05) is 20.1 Å². The van der Waals surface area contributed by atoms with Crippen LogP contribution in [0.3, 0.4) is 0 Å². The fourth-order valence-corrected chi connectivity index (χ4v) is 4.69. The molecule has 1 aromatic carbocycles. The first-order valence-electron chi connectivity index (χ1n) is 9.86. The molecule has 5 rings (SSSR count). The molecule has 2 aliphatic rings. The summed E-state index contributed by atoms with van der Waals surface area (Å²) in [5.41, 5.74) is 4.79. The molecule has 0 amide bonds. The summed E-state index contributed by atoms with van der Waals surface area (Å²) in [5, 5.41) is 6.00. The molecule has 0 N–H and O–H groups in total. The molecule has 140 valence electrons. The molecule has 1 saturated heterocycles. The summed E-state index contributed by atoms with van der Waals surface area (Å²) in [4.78, 5) is 7.09. The van der Waals surface area contributed by atoms with Gasteiger partial charge < -0.3 is 9.64 Å². The smallest absolute Gasteiger partial charge is 0.120 e. The number of rotatable bonds is 3. The Balaban J connectivity index is 1.52. The van der Waals surface area contributed by atoms with E-state index in [0.29, 0.717) is 5.41 Å². The second-order valence-electron chi connectivity index (χ2n) is 8.40. The average molecular weight is 362 g/mol. The van der Waals surface area contributed by atoms with E-state index in [4.69, 9.17) is 9.84 Å². The van der Waals surface area contributed by atoms with E-state index in [1.165, 1.54) is 25.1 Å². The molecule has 5 heteroatoms. The van der Waals surface area contributed by atoms with Gasteiger partial charge in [-0.15, -0.1) is 0 Å². The second kappa shape index (κ2) is 6.06. The molecule has 2 aromatic heterocycles. The Bertz CT molecular complexity index is 1010. The lowest BCUT2D eigenvalue weighted by atomic mass is 9.82. The first-order valence-corrected chi connectivity index (χ1v) is 9.86. The van der Waals surface area contributed by atoms with Crippen molar-refractivity contribution < 1.29 is 4.74 Å². The number of hydrogen-bond acceptors (Lipinski definition) is 4. The van der Waals surface area contributed by atoms with E-state index >= 15 is 0 Å². The molecule has 1 spiro atoms. The van der Waals surface area contributed by atoms with Crippen LogP contribution < -0.4 is 4.74 Å². The zero-order chi connectivity index (χ0) is 18.6. The number of fused-ring (bicyclic) bond motifs is 3. The van der Waals surface area contributed by atoms with Gasteiger partial charge in [-0.2, -0.15) is 5.10 Å². The maximum absolute atomic E-state index is 5.84. The Labute approximate surface area is 160 Å². The number of aryl methyl sites for hydroxylation is 1. The highest BCUT2D eigenvalue weighted by atomic mass is 16.5. The van der Waals surface area contributed by atoms with Gasteiger partial charge in [-0.3, -0.25) is 9.67 Å². The average Bonchev–Trinajstić information content (AvgIpc) is 3.31. The van der Waals surface area contributed by atoms with Gasteiger partial charge in [0.15, 0.2) is 0 Å². The molecule has 1 fully saturated rings. The molecule has 27 heavy (non-hydrogen) atoms. The van der Waals surface area contributed by atoms with Gasteiger partial charge in [0.2, 0.25) is 0 Å². The van der Waals surface area contributed by atoms with Crippen LogP contribution in [0.15, 0.2) is 36.5 Å². The molecular weight excluding hydrogens is 336 g/mol. The van der Waals surface area contributed by atoms with E-state index in [1.807, 2.05) is 32.2 Å². The molecule has 4 heterocycles. The van der Waals surface area contributed by atoms with Gasteiger partial charge in [-0.05, 0) is 70.6 Å². The third-order valence-corrected chi connectivity index (χ3v) is 5.99. The van der Waals surface area contributed by atoms with Crippen molar-refractivity contribution in [2.24, 2.45) is 0 Å². The van der Waals surface area contributed by atoms with Crippen molar-refractivity contribution in [1.29, 1.82) is 0 Å². The van der Waals surface area contributed by atoms with E-state index in [-0.39, 0.29) is 6.10 Å². The van der Waals surface area contributed by atoms with Crippen LogP contribution in [-0.4, -0.2) is 45.9 Å². The van der Waals surface area contributed by atoms with Crippen LogP contribution in [0.25, 0.3) is 22.2 Å². The number of likely N-dealkylation sites (N-methyl/N-ethyl adjacent to an activating group) is 1. The van der Waals surface area contributed by atoms with Crippen LogP contribution in [-0.2, 0) is 12.0 Å². The fourth-order valence-electron chi connectivity index (χ4n) is 4.69. The molecule has 0 saturated carbocycles. The normalized spacial score (nSPS) is 22.2. The lowest BCUT2D eigenvalue weighted by Gasteiger charge is -2.21. The highest BCUT2D eigenvalue weighted by Gasteiger charge is 2.44. The summed E-state index contributed by atoms with van der Waals surface area (Å²) in [5.74, 6) is 0.886. The lowest BCUT2D eigenvalue weighted by Crippen LogP contribution is -2.26. The second-order valence-corrected chi connectivity index (χ2v) is 8.40. The minimum Gasteiger partial charge on any atom is -0.491 e. The van der Waals surface area contributed by atoms with Crippen LogP contribution in [0, 0.1) is 0 Å². The van der Waals surface area contributed by atoms with Crippen molar-refractivity contribution in [3.8, 4) is 17.0 Å².